The van der Waals surface area contributed by atoms with Crippen molar-refractivity contribution < 1.29 is 54.1 Å². The number of rotatable bonds is 13. The highest BCUT2D eigenvalue weighted by molar-refractivity contribution is 5.85. The van der Waals surface area contributed by atoms with E-state index in [1.807, 2.05) is 6.92 Å². The molecule has 0 aromatic rings. The molecule has 5 N–H and O–H groups in total. The highest BCUT2D eigenvalue weighted by Gasteiger charge is 2.35. The Labute approximate surface area is 157 Å². The molecule has 0 aliphatic heterocycles. The first kappa shape index (κ1) is 27.4. The summed E-state index contributed by atoms with van der Waals surface area (Å²) in [6, 6.07) is 0. The van der Waals surface area contributed by atoms with Crippen molar-refractivity contribution in [2.24, 2.45) is 5.92 Å². The van der Waals surface area contributed by atoms with Crippen LogP contribution in [0.3, 0.4) is 0 Å². The van der Waals surface area contributed by atoms with Crippen LogP contribution in [0.4, 0.5) is 0 Å². The van der Waals surface area contributed by atoms with Crippen molar-refractivity contribution in [2.45, 2.75) is 51.6 Å². The van der Waals surface area contributed by atoms with E-state index in [2.05, 4.69) is 4.74 Å². The number of hydrogen-bond donors (Lipinski definition) is 5. The molecule has 0 heterocycles. The molecule has 0 rings (SSSR count). The summed E-state index contributed by atoms with van der Waals surface area (Å²) >= 11 is 0. The summed E-state index contributed by atoms with van der Waals surface area (Å²) in [6.45, 7) is 6.10. The van der Waals surface area contributed by atoms with Gasteiger partial charge >= 0.3 is 17.9 Å². The first-order chi connectivity index (χ1) is 12.5. The number of hydrogen-bond acceptors (Lipinski definition) is 8. The topological polar surface area (TPSA) is 180 Å². The van der Waals surface area contributed by atoms with Crippen molar-refractivity contribution in [1.82, 2.24) is 0 Å². The average Bonchev–Trinajstić information content (AvgIpc) is 2.57. The quantitative estimate of drug-likeness (QED) is 0.268. The molecule has 0 aromatic heterocycles. The molecular formula is C16H30O11. The van der Waals surface area contributed by atoms with Gasteiger partial charge in [0.05, 0.1) is 44.6 Å². The van der Waals surface area contributed by atoms with Crippen LogP contribution in [0.15, 0.2) is 0 Å². The molecule has 0 aliphatic carbocycles. The number of aliphatic carboxylic acids is 3. The molecule has 0 saturated heterocycles. The second-order valence-electron chi connectivity index (χ2n) is 5.86. The molecule has 160 valence electrons. The molecule has 5 unspecified atom stereocenters. The highest BCUT2D eigenvalue weighted by atomic mass is 16.5. The van der Waals surface area contributed by atoms with Crippen LogP contribution < -0.4 is 0 Å². The number of carboxylic acid groups (broad SMARTS) is 3. The van der Waals surface area contributed by atoms with Gasteiger partial charge in [-0.05, 0) is 20.8 Å². The molecule has 0 fully saturated rings. The summed E-state index contributed by atoms with van der Waals surface area (Å²) in [4.78, 5) is 31.3. The third-order valence-corrected chi connectivity index (χ3v) is 3.07. The fourth-order valence-electron chi connectivity index (χ4n) is 1.65. The molecule has 0 aromatic carbocycles. The van der Waals surface area contributed by atoms with Crippen LogP contribution >= 0.6 is 0 Å². The van der Waals surface area contributed by atoms with Crippen molar-refractivity contribution in [3.63, 3.8) is 0 Å². The van der Waals surface area contributed by atoms with E-state index in [0.717, 1.165) is 7.11 Å². The lowest BCUT2D eigenvalue weighted by molar-refractivity contribution is -0.164. The largest absolute Gasteiger partial charge is 0.481 e. The lowest BCUT2D eigenvalue weighted by Gasteiger charge is -2.16. The van der Waals surface area contributed by atoms with Crippen LogP contribution in [0.5, 0.6) is 0 Å². The van der Waals surface area contributed by atoms with Gasteiger partial charge in [0, 0.05) is 7.11 Å². The minimum Gasteiger partial charge on any atom is -0.481 e. The summed E-state index contributed by atoms with van der Waals surface area (Å²) in [5.41, 5.74) is 0. The standard InChI is InChI=1S/C9H20O4.C7H10O7/c1-7(11)5-12-9(3)6-13-8(2)4-10;1-14-5(7(12)13)3(6(10)11)2-4(8)9/h7-11H,4-6H2,1-3H3;3,5H,2H2,1H3,(H,8,9)(H,10,11)(H,12,13). The monoisotopic (exact) mass is 398 g/mol. The van der Waals surface area contributed by atoms with Gasteiger partial charge < -0.3 is 39.7 Å². The van der Waals surface area contributed by atoms with Gasteiger partial charge in [0.15, 0.2) is 6.10 Å². The average molecular weight is 398 g/mol. The number of ether oxygens (including phenoxy) is 3. The number of aliphatic hydroxyl groups excluding tert-OH is 2. The Morgan fingerprint density at radius 1 is 0.889 bits per heavy atom. The van der Waals surface area contributed by atoms with Crippen LogP contribution in [-0.2, 0) is 28.6 Å². The van der Waals surface area contributed by atoms with Gasteiger partial charge in [0.25, 0.3) is 0 Å². The van der Waals surface area contributed by atoms with Gasteiger partial charge in [-0.1, -0.05) is 0 Å². The molecule has 0 spiro atoms. The molecule has 5 atom stereocenters. The van der Waals surface area contributed by atoms with Crippen LogP contribution in [0.25, 0.3) is 0 Å². The van der Waals surface area contributed by atoms with Gasteiger partial charge in [0.2, 0.25) is 0 Å². The maximum Gasteiger partial charge on any atom is 0.333 e. The van der Waals surface area contributed by atoms with Crippen LogP contribution in [0, 0.1) is 5.92 Å². The lowest BCUT2D eigenvalue weighted by Crippen LogP contribution is -2.37. The molecule has 11 heteroatoms. The van der Waals surface area contributed by atoms with Crippen molar-refractivity contribution >= 4 is 17.9 Å². The summed E-state index contributed by atoms with van der Waals surface area (Å²) < 4.78 is 14.9. The zero-order valence-corrected chi connectivity index (χ0v) is 15.9. The second-order valence-corrected chi connectivity index (χ2v) is 5.86. The zero-order valence-electron chi connectivity index (χ0n) is 15.9. The van der Waals surface area contributed by atoms with Crippen molar-refractivity contribution in [3.05, 3.63) is 0 Å². The van der Waals surface area contributed by atoms with E-state index in [1.54, 1.807) is 13.8 Å². The minimum absolute atomic E-state index is 0.0170. The molecule has 11 nitrogen and oxygen atoms in total. The molecular weight excluding hydrogens is 368 g/mol. The summed E-state index contributed by atoms with van der Waals surface area (Å²) in [7, 11) is 1.01. The molecule has 0 amide bonds. The number of aliphatic hydroxyl groups is 2. The maximum absolute atomic E-state index is 10.5. The maximum atomic E-state index is 10.5. The van der Waals surface area contributed by atoms with Crippen molar-refractivity contribution in [3.8, 4) is 0 Å². The zero-order chi connectivity index (χ0) is 21.6. The Balaban J connectivity index is 0. The molecule has 0 saturated carbocycles. The Hall–Kier alpha value is -1.79. The molecule has 0 bridgehead atoms. The van der Waals surface area contributed by atoms with Gasteiger partial charge in [-0.15, -0.1) is 0 Å². The Morgan fingerprint density at radius 2 is 1.41 bits per heavy atom. The third-order valence-electron chi connectivity index (χ3n) is 3.07. The summed E-state index contributed by atoms with van der Waals surface area (Å²) in [5.74, 6) is -5.99. The molecule has 27 heavy (non-hydrogen) atoms. The van der Waals surface area contributed by atoms with Gasteiger partial charge in [0.1, 0.15) is 5.92 Å². The molecule has 0 radical (unpaired) electrons. The van der Waals surface area contributed by atoms with Crippen molar-refractivity contribution in [2.75, 3.05) is 26.9 Å². The third kappa shape index (κ3) is 15.0. The fourth-order valence-corrected chi connectivity index (χ4v) is 1.65. The predicted octanol–water partition coefficient (Wildman–Crippen LogP) is -0.569. The van der Waals surface area contributed by atoms with Gasteiger partial charge in [-0.25, -0.2) is 4.79 Å². The number of carboxylic acids is 3. The summed E-state index contributed by atoms with van der Waals surface area (Å²) in [5, 5.41) is 43.0. The van der Waals surface area contributed by atoms with E-state index in [-0.39, 0.29) is 18.8 Å². The van der Waals surface area contributed by atoms with Crippen LogP contribution in [0.2, 0.25) is 0 Å². The first-order valence-corrected chi connectivity index (χ1v) is 8.18. The Bertz CT molecular complexity index is 438. The Morgan fingerprint density at radius 3 is 1.74 bits per heavy atom. The number of carbonyl (C=O) groups is 3. The van der Waals surface area contributed by atoms with E-state index in [1.165, 1.54) is 0 Å². The van der Waals surface area contributed by atoms with Crippen LogP contribution in [-0.4, -0.2) is 94.8 Å². The van der Waals surface area contributed by atoms with E-state index >= 15 is 0 Å². The van der Waals surface area contributed by atoms with E-state index in [4.69, 9.17) is 35.0 Å². The van der Waals surface area contributed by atoms with Gasteiger partial charge in [-0.2, -0.15) is 0 Å². The first-order valence-electron chi connectivity index (χ1n) is 8.18. The van der Waals surface area contributed by atoms with E-state index < -0.39 is 42.5 Å². The lowest BCUT2D eigenvalue weighted by atomic mass is 9.99. The second kappa shape index (κ2) is 15.3. The fraction of sp³-hybridized carbons (Fsp3) is 0.812. The minimum atomic E-state index is -1.65. The summed E-state index contributed by atoms with van der Waals surface area (Å²) in [6.07, 6.45) is -3.09. The Kier molecular flexibility index (Phi) is 15.5. The SMILES string of the molecule is CC(O)COC(C)COC(C)CO.COC(C(=O)O)C(CC(=O)O)C(=O)O. The highest BCUT2D eigenvalue weighted by Crippen LogP contribution is 2.13. The van der Waals surface area contributed by atoms with E-state index in [9.17, 15) is 14.4 Å². The van der Waals surface area contributed by atoms with Crippen molar-refractivity contribution in [1.29, 1.82) is 0 Å². The predicted molar refractivity (Wildman–Crippen MR) is 91.4 cm³/mol. The molecule has 0 aliphatic rings. The number of methoxy groups -OCH3 is 1. The van der Waals surface area contributed by atoms with E-state index in [0.29, 0.717) is 13.2 Å². The van der Waals surface area contributed by atoms with Crippen LogP contribution in [0.1, 0.15) is 27.2 Å². The van der Waals surface area contributed by atoms with Gasteiger partial charge in [-0.3, -0.25) is 9.59 Å². The smallest absolute Gasteiger partial charge is 0.333 e. The normalized spacial score (nSPS) is 16.2.